The van der Waals surface area contributed by atoms with Crippen molar-refractivity contribution in [2.45, 2.75) is 24.6 Å². The minimum Gasteiger partial charge on any atom is -0.258 e. The number of alkyl halides is 1. The van der Waals surface area contributed by atoms with Crippen molar-refractivity contribution in [3.63, 3.8) is 0 Å². The molecule has 0 saturated heterocycles. The molecule has 0 aliphatic heterocycles. The SMILES string of the molecule is CC(Br)C(C)c1cc(Cl)ccc1[N+](=O)[O-]. The Hall–Kier alpha value is -0.610. The number of nitrogens with zero attached hydrogens (tertiary/aromatic N) is 1. The molecule has 0 spiro atoms. The van der Waals surface area contributed by atoms with E-state index >= 15 is 0 Å². The van der Waals surface area contributed by atoms with E-state index in [1.807, 2.05) is 13.8 Å². The smallest absolute Gasteiger partial charge is 0.258 e. The van der Waals surface area contributed by atoms with Crippen molar-refractivity contribution >= 4 is 33.2 Å². The Morgan fingerprint density at radius 3 is 2.53 bits per heavy atom. The molecule has 2 unspecified atom stereocenters. The normalized spacial score (nSPS) is 14.7. The molecule has 0 aromatic heterocycles. The molecule has 0 aliphatic carbocycles. The summed E-state index contributed by atoms with van der Waals surface area (Å²) in [6.07, 6.45) is 0. The summed E-state index contributed by atoms with van der Waals surface area (Å²) in [4.78, 5) is 10.6. The molecule has 1 rings (SSSR count). The fraction of sp³-hybridized carbons (Fsp3) is 0.400. The molecule has 0 amide bonds. The molecule has 1 aromatic rings. The zero-order valence-corrected chi connectivity index (χ0v) is 10.7. The first-order valence-corrected chi connectivity index (χ1v) is 5.80. The molecule has 0 fully saturated rings. The van der Waals surface area contributed by atoms with Gasteiger partial charge >= 0.3 is 0 Å². The van der Waals surface area contributed by atoms with Crippen LogP contribution in [0, 0.1) is 10.1 Å². The van der Waals surface area contributed by atoms with Gasteiger partial charge in [-0.05, 0) is 12.1 Å². The molecule has 0 radical (unpaired) electrons. The molecule has 0 saturated carbocycles. The lowest BCUT2D eigenvalue weighted by molar-refractivity contribution is -0.385. The standard InChI is InChI=1S/C10H11BrClNO2/c1-6(7(2)11)9-5-8(12)3-4-10(9)13(14)15/h3-7H,1-2H3. The molecule has 5 heteroatoms. The first kappa shape index (κ1) is 12.5. The number of nitro groups is 1. The Morgan fingerprint density at radius 1 is 1.47 bits per heavy atom. The highest BCUT2D eigenvalue weighted by Crippen LogP contribution is 2.33. The van der Waals surface area contributed by atoms with E-state index in [0.717, 1.165) is 0 Å². The summed E-state index contributed by atoms with van der Waals surface area (Å²) < 4.78 is 0. The quantitative estimate of drug-likeness (QED) is 0.477. The Morgan fingerprint density at radius 2 is 2.07 bits per heavy atom. The van der Waals surface area contributed by atoms with Crippen LogP contribution in [0.1, 0.15) is 25.3 Å². The number of halogens is 2. The first-order valence-electron chi connectivity index (χ1n) is 4.51. The minimum absolute atomic E-state index is 0.0455. The highest BCUT2D eigenvalue weighted by molar-refractivity contribution is 9.09. The van der Waals surface area contributed by atoms with Gasteiger partial charge in [0, 0.05) is 27.4 Å². The van der Waals surface area contributed by atoms with Crippen molar-refractivity contribution in [3.05, 3.63) is 38.9 Å². The van der Waals surface area contributed by atoms with Crippen molar-refractivity contribution in [2.24, 2.45) is 0 Å². The summed E-state index contributed by atoms with van der Waals surface area (Å²) in [6, 6.07) is 4.64. The van der Waals surface area contributed by atoms with Gasteiger partial charge in [0.2, 0.25) is 0 Å². The highest BCUT2D eigenvalue weighted by atomic mass is 79.9. The Balaban J connectivity index is 3.24. The third-order valence-electron chi connectivity index (χ3n) is 2.37. The summed E-state index contributed by atoms with van der Waals surface area (Å²) in [5, 5.41) is 11.3. The van der Waals surface area contributed by atoms with Crippen LogP contribution in [-0.4, -0.2) is 9.75 Å². The van der Waals surface area contributed by atoms with Crippen LogP contribution in [0.25, 0.3) is 0 Å². The van der Waals surface area contributed by atoms with Crippen LogP contribution in [0.4, 0.5) is 5.69 Å². The summed E-state index contributed by atoms with van der Waals surface area (Å²) in [6.45, 7) is 3.88. The summed E-state index contributed by atoms with van der Waals surface area (Å²) in [5.41, 5.74) is 0.787. The maximum Gasteiger partial charge on any atom is 0.272 e. The molecule has 0 N–H and O–H groups in total. The second-order valence-electron chi connectivity index (χ2n) is 3.43. The zero-order chi connectivity index (χ0) is 11.6. The predicted molar refractivity (Wildman–Crippen MR) is 64.9 cm³/mol. The van der Waals surface area contributed by atoms with Gasteiger partial charge < -0.3 is 0 Å². The summed E-state index contributed by atoms with van der Waals surface area (Å²) >= 11 is 9.25. The largest absolute Gasteiger partial charge is 0.272 e. The lowest BCUT2D eigenvalue weighted by Gasteiger charge is -2.14. The predicted octanol–water partition coefficient (Wildman–Crippen LogP) is 4.14. The van der Waals surface area contributed by atoms with Crippen LogP contribution in [0.2, 0.25) is 5.02 Å². The van der Waals surface area contributed by atoms with Gasteiger partial charge in [0.1, 0.15) is 0 Å². The second kappa shape index (κ2) is 4.94. The molecule has 0 aliphatic rings. The fourth-order valence-electron chi connectivity index (χ4n) is 1.30. The number of nitro benzene ring substituents is 1. The summed E-state index contributed by atoms with van der Waals surface area (Å²) in [7, 11) is 0. The van der Waals surface area contributed by atoms with Crippen LogP contribution in [-0.2, 0) is 0 Å². The highest BCUT2D eigenvalue weighted by Gasteiger charge is 2.21. The van der Waals surface area contributed by atoms with E-state index in [2.05, 4.69) is 15.9 Å². The first-order chi connectivity index (χ1) is 6.93. The van der Waals surface area contributed by atoms with Crippen molar-refractivity contribution < 1.29 is 4.92 Å². The van der Waals surface area contributed by atoms with Crippen molar-refractivity contribution in [3.8, 4) is 0 Å². The van der Waals surface area contributed by atoms with E-state index in [-0.39, 0.29) is 21.4 Å². The van der Waals surface area contributed by atoms with Gasteiger partial charge in [-0.15, -0.1) is 0 Å². The fourth-order valence-corrected chi connectivity index (χ4v) is 1.77. The third-order valence-corrected chi connectivity index (χ3v) is 3.39. The van der Waals surface area contributed by atoms with E-state index in [1.165, 1.54) is 12.1 Å². The molecular formula is C10H11BrClNO2. The van der Waals surface area contributed by atoms with Gasteiger partial charge in [-0.3, -0.25) is 10.1 Å². The van der Waals surface area contributed by atoms with Gasteiger partial charge in [-0.2, -0.15) is 0 Å². The lowest BCUT2D eigenvalue weighted by Crippen LogP contribution is -2.07. The van der Waals surface area contributed by atoms with Crippen LogP contribution in [0.5, 0.6) is 0 Å². The van der Waals surface area contributed by atoms with E-state index in [4.69, 9.17) is 11.6 Å². The minimum atomic E-state index is -0.377. The number of hydrogen-bond donors (Lipinski definition) is 0. The molecule has 82 valence electrons. The van der Waals surface area contributed by atoms with Crippen LogP contribution in [0.15, 0.2) is 18.2 Å². The van der Waals surface area contributed by atoms with Crippen molar-refractivity contribution in [1.29, 1.82) is 0 Å². The monoisotopic (exact) mass is 291 g/mol. The van der Waals surface area contributed by atoms with E-state index in [9.17, 15) is 10.1 Å². The second-order valence-corrected chi connectivity index (χ2v) is 5.31. The topological polar surface area (TPSA) is 43.1 Å². The molecule has 0 heterocycles. The van der Waals surface area contributed by atoms with Gasteiger partial charge in [0.25, 0.3) is 5.69 Å². The van der Waals surface area contributed by atoms with E-state index < -0.39 is 0 Å². The molecule has 2 atom stereocenters. The maximum atomic E-state index is 10.8. The average Bonchev–Trinajstić information content (AvgIpc) is 2.15. The average molecular weight is 293 g/mol. The van der Waals surface area contributed by atoms with Gasteiger partial charge in [0.15, 0.2) is 0 Å². The molecule has 1 aromatic carbocycles. The Bertz CT molecular complexity index is 382. The lowest BCUT2D eigenvalue weighted by atomic mass is 9.97. The van der Waals surface area contributed by atoms with Gasteiger partial charge in [0.05, 0.1) is 4.92 Å². The Kier molecular flexibility index (Phi) is 4.11. The van der Waals surface area contributed by atoms with Crippen LogP contribution >= 0.6 is 27.5 Å². The molecule has 3 nitrogen and oxygen atoms in total. The zero-order valence-electron chi connectivity index (χ0n) is 8.41. The van der Waals surface area contributed by atoms with Crippen LogP contribution in [0.3, 0.4) is 0 Å². The van der Waals surface area contributed by atoms with Gasteiger partial charge in [-0.1, -0.05) is 41.4 Å². The van der Waals surface area contributed by atoms with Gasteiger partial charge in [-0.25, -0.2) is 0 Å². The molecule has 15 heavy (non-hydrogen) atoms. The molecular weight excluding hydrogens is 281 g/mol. The van der Waals surface area contributed by atoms with E-state index in [1.54, 1.807) is 6.07 Å². The number of rotatable bonds is 3. The van der Waals surface area contributed by atoms with Crippen molar-refractivity contribution in [2.75, 3.05) is 0 Å². The molecule has 0 bridgehead atoms. The number of benzene rings is 1. The number of hydrogen-bond acceptors (Lipinski definition) is 2. The Labute approximate surface area is 102 Å². The van der Waals surface area contributed by atoms with E-state index in [0.29, 0.717) is 10.6 Å². The van der Waals surface area contributed by atoms with Crippen molar-refractivity contribution in [1.82, 2.24) is 0 Å². The summed E-state index contributed by atoms with van der Waals surface area (Å²) in [5.74, 6) is 0.0455. The van der Waals surface area contributed by atoms with Crippen LogP contribution < -0.4 is 0 Å². The maximum absolute atomic E-state index is 10.8. The third kappa shape index (κ3) is 2.92.